The molecule has 5 nitrogen and oxygen atoms in total. The molecule has 0 amide bonds. The van der Waals surface area contributed by atoms with E-state index in [2.05, 4.69) is 4.74 Å². The van der Waals surface area contributed by atoms with E-state index in [1.807, 2.05) is 0 Å². The minimum Gasteiger partial charge on any atom is -0.464 e. The first-order valence-electron chi connectivity index (χ1n) is 5.28. The maximum Gasteiger partial charge on any atom is 0.338 e. The van der Waals surface area contributed by atoms with E-state index in [9.17, 15) is 24.2 Å². The largest absolute Gasteiger partial charge is 0.464 e. The van der Waals surface area contributed by atoms with Crippen LogP contribution in [0.5, 0.6) is 0 Å². The zero-order valence-corrected chi connectivity index (χ0v) is 9.67. The van der Waals surface area contributed by atoms with Crippen LogP contribution < -0.4 is 0 Å². The van der Waals surface area contributed by atoms with E-state index >= 15 is 0 Å². The van der Waals surface area contributed by atoms with Crippen molar-refractivity contribution in [1.82, 2.24) is 0 Å². The second kappa shape index (κ2) is 6.23. The van der Waals surface area contributed by atoms with Gasteiger partial charge < -0.3 is 14.9 Å². The van der Waals surface area contributed by atoms with Crippen LogP contribution in [0.15, 0.2) is 18.2 Å². The van der Waals surface area contributed by atoms with Crippen molar-refractivity contribution >= 4 is 12.3 Å². The average Bonchev–Trinajstić information content (AvgIpc) is 2.36. The van der Waals surface area contributed by atoms with E-state index in [0.717, 1.165) is 12.1 Å². The van der Waals surface area contributed by atoms with Crippen molar-refractivity contribution < 1.29 is 28.9 Å². The van der Waals surface area contributed by atoms with Gasteiger partial charge in [-0.1, -0.05) is 0 Å². The molecule has 1 rings (SSSR count). The highest BCUT2D eigenvalue weighted by Gasteiger charge is 2.27. The Morgan fingerprint density at radius 3 is 2.67 bits per heavy atom. The van der Waals surface area contributed by atoms with Crippen molar-refractivity contribution in [2.24, 2.45) is 0 Å². The third-order valence-electron chi connectivity index (χ3n) is 2.25. The second-order valence-electron chi connectivity index (χ2n) is 3.58. The van der Waals surface area contributed by atoms with Crippen LogP contribution in [0.2, 0.25) is 0 Å². The fourth-order valence-electron chi connectivity index (χ4n) is 1.41. The Hall–Kier alpha value is -1.79. The van der Waals surface area contributed by atoms with E-state index in [0.29, 0.717) is 6.29 Å². The normalized spacial score (nSPS) is 13.8. The third-order valence-corrected chi connectivity index (χ3v) is 2.25. The molecule has 0 aliphatic carbocycles. The summed E-state index contributed by atoms with van der Waals surface area (Å²) in [7, 11) is 0. The van der Waals surface area contributed by atoms with Crippen LogP contribution >= 0.6 is 0 Å². The quantitative estimate of drug-likeness (QED) is 0.595. The summed E-state index contributed by atoms with van der Waals surface area (Å²) < 4.78 is 17.6. The highest BCUT2D eigenvalue weighted by molar-refractivity contribution is 5.77. The fourth-order valence-corrected chi connectivity index (χ4v) is 1.41. The van der Waals surface area contributed by atoms with Gasteiger partial charge in [-0.15, -0.1) is 0 Å². The maximum absolute atomic E-state index is 13.1. The Bertz CT molecular complexity index is 446. The molecule has 2 atom stereocenters. The molecule has 2 N–H and O–H groups in total. The van der Waals surface area contributed by atoms with Crippen LogP contribution in [0.3, 0.4) is 0 Å². The number of rotatable bonds is 5. The Labute approximate surface area is 103 Å². The Morgan fingerprint density at radius 2 is 2.11 bits per heavy atom. The zero-order chi connectivity index (χ0) is 13.7. The van der Waals surface area contributed by atoms with Gasteiger partial charge in [0.2, 0.25) is 0 Å². The molecule has 18 heavy (non-hydrogen) atoms. The van der Waals surface area contributed by atoms with Crippen molar-refractivity contribution in [3.8, 4) is 0 Å². The molecule has 0 aliphatic rings. The summed E-state index contributed by atoms with van der Waals surface area (Å²) in [6, 6.07) is 3.09. The lowest BCUT2D eigenvalue weighted by atomic mass is 10.0. The Balaban J connectivity index is 2.95. The zero-order valence-electron chi connectivity index (χ0n) is 9.67. The van der Waals surface area contributed by atoms with Gasteiger partial charge in [0.25, 0.3) is 0 Å². The van der Waals surface area contributed by atoms with Gasteiger partial charge in [-0.2, -0.15) is 0 Å². The number of aldehydes is 1. The van der Waals surface area contributed by atoms with Crippen LogP contribution in [0.25, 0.3) is 0 Å². The number of ether oxygens (including phenoxy) is 1. The summed E-state index contributed by atoms with van der Waals surface area (Å²) in [4.78, 5) is 21.7. The lowest BCUT2D eigenvalue weighted by Gasteiger charge is -2.17. The SMILES string of the molecule is CCOC(=O)C(O)C(O)c1cc(F)cc(C=O)c1. The van der Waals surface area contributed by atoms with E-state index in [1.54, 1.807) is 6.92 Å². The Kier molecular flexibility index (Phi) is 4.94. The first kappa shape index (κ1) is 14.3. The third kappa shape index (κ3) is 3.35. The van der Waals surface area contributed by atoms with Gasteiger partial charge in [0.15, 0.2) is 6.10 Å². The van der Waals surface area contributed by atoms with Crippen molar-refractivity contribution in [1.29, 1.82) is 0 Å². The summed E-state index contributed by atoms with van der Waals surface area (Å²) in [5, 5.41) is 19.2. The van der Waals surface area contributed by atoms with Gasteiger partial charge >= 0.3 is 5.97 Å². The first-order valence-corrected chi connectivity index (χ1v) is 5.28. The van der Waals surface area contributed by atoms with Crippen molar-refractivity contribution in [2.45, 2.75) is 19.1 Å². The van der Waals surface area contributed by atoms with E-state index in [1.165, 1.54) is 6.07 Å². The molecule has 98 valence electrons. The van der Waals surface area contributed by atoms with Crippen LogP contribution in [0.4, 0.5) is 4.39 Å². The predicted molar refractivity (Wildman–Crippen MR) is 59.4 cm³/mol. The van der Waals surface area contributed by atoms with Crippen molar-refractivity contribution in [2.75, 3.05) is 6.61 Å². The molecule has 1 aromatic carbocycles. The van der Waals surface area contributed by atoms with E-state index in [-0.39, 0.29) is 17.7 Å². The molecule has 2 unspecified atom stereocenters. The van der Waals surface area contributed by atoms with Gasteiger partial charge in [-0.05, 0) is 30.7 Å². The van der Waals surface area contributed by atoms with Gasteiger partial charge in [0.1, 0.15) is 18.2 Å². The van der Waals surface area contributed by atoms with Gasteiger partial charge in [0.05, 0.1) is 6.61 Å². The number of carbonyl (C=O) groups excluding carboxylic acids is 2. The number of halogens is 1. The van der Waals surface area contributed by atoms with Gasteiger partial charge in [-0.25, -0.2) is 9.18 Å². The number of benzene rings is 1. The predicted octanol–water partition coefficient (Wildman–Crippen LogP) is 0.596. The fraction of sp³-hybridized carbons (Fsp3) is 0.333. The number of hydrogen-bond acceptors (Lipinski definition) is 5. The van der Waals surface area contributed by atoms with Crippen LogP contribution in [-0.4, -0.2) is 35.2 Å². The minimum atomic E-state index is -1.83. The molecule has 0 aromatic heterocycles. The number of aliphatic hydroxyl groups excluding tert-OH is 2. The van der Waals surface area contributed by atoms with Gasteiger partial charge in [-0.3, -0.25) is 4.79 Å². The molecule has 0 aliphatic heterocycles. The topological polar surface area (TPSA) is 83.8 Å². The smallest absolute Gasteiger partial charge is 0.338 e. The van der Waals surface area contributed by atoms with E-state index < -0.39 is 24.0 Å². The summed E-state index contributed by atoms with van der Waals surface area (Å²) >= 11 is 0. The number of aliphatic hydroxyl groups is 2. The molecule has 0 saturated heterocycles. The number of carbonyl (C=O) groups is 2. The van der Waals surface area contributed by atoms with Crippen LogP contribution in [-0.2, 0) is 9.53 Å². The monoisotopic (exact) mass is 256 g/mol. The lowest BCUT2D eigenvalue weighted by Crippen LogP contribution is -2.30. The lowest BCUT2D eigenvalue weighted by molar-refractivity contribution is -0.159. The minimum absolute atomic E-state index is 0.000101. The van der Waals surface area contributed by atoms with Crippen LogP contribution in [0, 0.1) is 5.82 Å². The molecule has 1 aromatic rings. The maximum atomic E-state index is 13.1. The standard InChI is InChI=1S/C12H13FO5/c1-2-18-12(17)11(16)10(15)8-3-7(6-14)4-9(13)5-8/h3-6,10-11,15-16H,2H2,1H3. The summed E-state index contributed by atoms with van der Waals surface area (Å²) in [6.07, 6.45) is -3.08. The second-order valence-corrected chi connectivity index (χ2v) is 3.58. The summed E-state index contributed by atoms with van der Waals surface area (Å²) in [5.74, 6) is -1.76. The molecular weight excluding hydrogens is 243 g/mol. The molecular formula is C12H13FO5. The van der Waals surface area contributed by atoms with Crippen molar-refractivity contribution in [3.05, 3.63) is 35.1 Å². The average molecular weight is 256 g/mol. The first-order chi connectivity index (χ1) is 8.49. The summed E-state index contributed by atoms with van der Waals surface area (Å²) in [5.41, 5.74) is -0.0715. The molecule has 0 heterocycles. The molecule has 0 bridgehead atoms. The molecule has 0 radical (unpaired) electrons. The van der Waals surface area contributed by atoms with Gasteiger partial charge in [0, 0.05) is 5.56 Å². The van der Waals surface area contributed by atoms with E-state index in [4.69, 9.17) is 0 Å². The summed E-state index contributed by atoms with van der Waals surface area (Å²) in [6.45, 7) is 1.59. The van der Waals surface area contributed by atoms with Crippen molar-refractivity contribution in [3.63, 3.8) is 0 Å². The number of esters is 1. The number of hydrogen-bond donors (Lipinski definition) is 2. The molecule has 0 fully saturated rings. The molecule has 0 saturated carbocycles. The molecule has 6 heteroatoms. The highest BCUT2D eigenvalue weighted by atomic mass is 19.1. The Morgan fingerprint density at radius 1 is 1.44 bits per heavy atom. The van der Waals surface area contributed by atoms with Crippen LogP contribution in [0.1, 0.15) is 28.9 Å². The molecule has 0 spiro atoms. The highest BCUT2D eigenvalue weighted by Crippen LogP contribution is 2.20.